The number of ether oxygens (including phenoxy) is 1. The van der Waals surface area contributed by atoms with Gasteiger partial charge in [-0.05, 0) is 32.9 Å². The fraction of sp³-hybridized carbons (Fsp3) is 0.385. The second kappa shape index (κ2) is 4.20. The van der Waals surface area contributed by atoms with Crippen LogP contribution >= 0.6 is 0 Å². The summed E-state index contributed by atoms with van der Waals surface area (Å²) in [5, 5.41) is 0. The lowest BCUT2D eigenvalue weighted by atomic mass is 10.2. The van der Waals surface area contributed by atoms with Crippen molar-refractivity contribution >= 4 is 23.7 Å². The van der Waals surface area contributed by atoms with E-state index in [2.05, 4.69) is 4.99 Å². The minimum absolute atomic E-state index is 0.337. The molecule has 2 rings (SSSR count). The van der Waals surface area contributed by atoms with E-state index in [4.69, 9.17) is 4.74 Å². The second-order valence-corrected chi connectivity index (χ2v) is 4.89. The summed E-state index contributed by atoms with van der Waals surface area (Å²) in [6, 6.07) is 7.53. The number of anilines is 1. The van der Waals surface area contributed by atoms with Crippen molar-refractivity contribution in [1.29, 1.82) is 0 Å². The van der Waals surface area contributed by atoms with Gasteiger partial charge in [-0.1, -0.05) is 12.1 Å². The van der Waals surface area contributed by atoms with Crippen LogP contribution in [0.15, 0.2) is 29.3 Å². The first-order valence-electron chi connectivity index (χ1n) is 5.59. The van der Waals surface area contributed by atoms with Gasteiger partial charge in [0.2, 0.25) is 0 Å². The minimum Gasteiger partial charge on any atom is -0.443 e. The number of para-hydroxylation sites is 2. The maximum atomic E-state index is 12.0. The number of carbonyl (C=O) groups is 1. The molecule has 0 saturated carbocycles. The Morgan fingerprint density at radius 3 is 2.76 bits per heavy atom. The van der Waals surface area contributed by atoms with Crippen LogP contribution in [0.25, 0.3) is 0 Å². The van der Waals surface area contributed by atoms with E-state index in [0.29, 0.717) is 6.54 Å². The van der Waals surface area contributed by atoms with Crippen molar-refractivity contribution in [3.05, 3.63) is 24.3 Å². The summed E-state index contributed by atoms with van der Waals surface area (Å²) in [5.41, 5.74) is 1.11. The number of aliphatic imine (C=N–C) groups is 1. The fourth-order valence-corrected chi connectivity index (χ4v) is 1.61. The average Bonchev–Trinajstić information content (AvgIpc) is 2.26. The number of hydrogen-bond acceptors (Lipinski definition) is 3. The molecule has 0 N–H and O–H groups in total. The molecule has 0 saturated heterocycles. The lowest BCUT2D eigenvalue weighted by Gasteiger charge is -2.28. The molecule has 0 bridgehead atoms. The number of carbonyl (C=O) groups excluding carboxylic acids is 1. The number of benzene rings is 1. The van der Waals surface area contributed by atoms with E-state index >= 15 is 0 Å². The summed E-state index contributed by atoms with van der Waals surface area (Å²) in [4.78, 5) is 17.9. The molecule has 90 valence electrons. The first-order chi connectivity index (χ1) is 7.97. The number of hydrogen-bond donors (Lipinski definition) is 0. The van der Waals surface area contributed by atoms with Gasteiger partial charge in [-0.3, -0.25) is 9.89 Å². The topological polar surface area (TPSA) is 41.9 Å². The molecule has 0 aromatic heterocycles. The summed E-state index contributed by atoms with van der Waals surface area (Å²) < 4.78 is 5.36. The van der Waals surface area contributed by atoms with E-state index in [0.717, 1.165) is 11.4 Å². The van der Waals surface area contributed by atoms with Crippen LogP contribution < -0.4 is 4.90 Å². The third kappa shape index (κ3) is 2.64. The van der Waals surface area contributed by atoms with Gasteiger partial charge in [0.05, 0.1) is 17.9 Å². The van der Waals surface area contributed by atoms with Gasteiger partial charge in [-0.2, -0.15) is 0 Å². The molecule has 1 aliphatic rings. The highest BCUT2D eigenvalue weighted by Crippen LogP contribution is 2.31. The van der Waals surface area contributed by atoms with Crippen LogP contribution in [0, 0.1) is 0 Å². The SMILES string of the molecule is CC(C)(C)OC(=O)N1CC=Nc2ccccc21. The first-order valence-corrected chi connectivity index (χ1v) is 5.59. The molecule has 1 aliphatic heterocycles. The predicted molar refractivity (Wildman–Crippen MR) is 68.2 cm³/mol. The Kier molecular flexibility index (Phi) is 2.88. The maximum absolute atomic E-state index is 12.0. The summed E-state index contributed by atoms with van der Waals surface area (Å²) in [7, 11) is 0. The Bertz CT molecular complexity index is 461. The van der Waals surface area contributed by atoms with Crippen molar-refractivity contribution in [2.24, 2.45) is 4.99 Å². The van der Waals surface area contributed by atoms with Crippen LogP contribution in [-0.2, 0) is 4.74 Å². The minimum atomic E-state index is -0.485. The van der Waals surface area contributed by atoms with Crippen LogP contribution in [0.2, 0.25) is 0 Å². The number of rotatable bonds is 0. The van der Waals surface area contributed by atoms with Crippen LogP contribution in [0.3, 0.4) is 0 Å². The van der Waals surface area contributed by atoms with Gasteiger partial charge in [-0.15, -0.1) is 0 Å². The van der Waals surface area contributed by atoms with Crippen LogP contribution in [-0.4, -0.2) is 24.5 Å². The van der Waals surface area contributed by atoms with E-state index in [1.807, 2.05) is 45.0 Å². The largest absolute Gasteiger partial charge is 0.443 e. The van der Waals surface area contributed by atoms with E-state index in [1.54, 1.807) is 11.1 Å². The highest BCUT2D eigenvalue weighted by atomic mass is 16.6. The van der Waals surface area contributed by atoms with Gasteiger partial charge in [0, 0.05) is 6.21 Å². The predicted octanol–water partition coefficient (Wildman–Crippen LogP) is 3.14. The highest BCUT2D eigenvalue weighted by Gasteiger charge is 2.25. The van der Waals surface area contributed by atoms with Crippen LogP contribution in [0.1, 0.15) is 20.8 Å². The quantitative estimate of drug-likeness (QED) is 0.689. The Labute approximate surface area is 101 Å². The molecule has 4 nitrogen and oxygen atoms in total. The zero-order valence-corrected chi connectivity index (χ0v) is 10.3. The number of nitrogens with zero attached hydrogens (tertiary/aromatic N) is 2. The molecular weight excluding hydrogens is 216 g/mol. The van der Waals surface area contributed by atoms with Crippen molar-refractivity contribution in [2.75, 3.05) is 11.4 Å². The van der Waals surface area contributed by atoms with E-state index in [1.165, 1.54) is 0 Å². The van der Waals surface area contributed by atoms with Crippen molar-refractivity contribution in [3.63, 3.8) is 0 Å². The van der Waals surface area contributed by atoms with E-state index in [9.17, 15) is 4.79 Å². The standard InChI is InChI=1S/C13H16N2O2/c1-13(2,3)17-12(16)15-9-8-14-10-6-4-5-7-11(10)15/h4-8H,9H2,1-3H3. The van der Waals surface area contributed by atoms with Gasteiger partial charge >= 0.3 is 6.09 Å². The van der Waals surface area contributed by atoms with Crippen molar-refractivity contribution in [2.45, 2.75) is 26.4 Å². The van der Waals surface area contributed by atoms with Gasteiger partial charge in [0.15, 0.2) is 0 Å². The van der Waals surface area contributed by atoms with Gasteiger partial charge in [0.1, 0.15) is 5.60 Å². The molecular formula is C13H16N2O2. The lowest BCUT2D eigenvalue weighted by Crippen LogP contribution is -2.38. The van der Waals surface area contributed by atoms with Crippen molar-refractivity contribution < 1.29 is 9.53 Å². The van der Waals surface area contributed by atoms with E-state index < -0.39 is 5.60 Å². The Balaban J connectivity index is 2.24. The molecule has 1 aromatic carbocycles. The highest BCUT2D eigenvalue weighted by molar-refractivity contribution is 5.97. The molecule has 1 amide bonds. The van der Waals surface area contributed by atoms with Gasteiger partial charge < -0.3 is 4.74 Å². The van der Waals surface area contributed by atoms with E-state index in [-0.39, 0.29) is 6.09 Å². The smallest absolute Gasteiger partial charge is 0.415 e. The second-order valence-electron chi connectivity index (χ2n) is 4.89. The molecule has 0 unspecified atom stereocenters. The zero-order chi connectivity index (χ0) is 12.5. The molecule has 0 spiro atoms. The average molecular weight is 232 g/mol. The Morgan fingerprint density at radius 1 is 1.35 bits per heavy atom. The molecule has 1 heterocycles. The molecule has 0 fully saturated rings. The summed E-state index contributed by atoms with van der Waals surface area (Å²) in [5.74, 6) is 0. The zero-order valence-electron chi connectivity index (χ0n) is 10.3. The Hall–Kier alpha value is -1.84. The lowest BCUT2D eigenvalue weighted by molar-refractivity contribution is 0.0586. The normalized spacial score (nSPS) is 14.4. The Morgan fingerprint density at radius 2 is 2.06 bits per heavy atom. The van der Waals surface area contributed by atoms with Crippen molar-refractivity contribution in [1.82, 2.24) is 0 Å². The third-order valence-electron chi connectivity index (χ3n) is 2.28. The number of fused-ring (bicyclic) bond motifs is 1. The molecule has 0 radical (unpaired) electrons. The monoisotopic (exact) mass is 232 g/mol. The van der Waals surface area contributed by atoms with Crippen LogP contribution in [0.4, 0.5) is 16.2 Å². The summed E-state index contributed by atoms with van der Waals surface area (Å²) in [6.07, 6.45) is 1.38. The molecule has 4 heteroatoms. The summed E-state index contributed by atoms with van der Waals surface area (Å²) in [6.45, 7) is 6.02. The molecule has 0 aliphatic carbocycles. The summed E-state index contributed by atoms with van der Waals surface area (Å²) >= 11 is 0. The number of amides is 1. The first kappa shape index (κ1) is 11.6. The fourth-order valence-electron chi connectivity index (χ4n) is 1.61. The van der Waals surface area contributed by atoms with Crippen molar-refractivity contribution in [3.8, 4) is 0 Å². The molecule has 1 aromatic rings. The van der Waals surface area contributed by atoms with Gasteiger partial charge in [-0.25, -0.2) is 4.79 Å². The molecule has 17 heavy (non-hydrogen) atoms. The van der Waals surface area contributed by atoms with Gasteiger partial charge in [0.25, 0.3) is 0 Å². The maximum Gasteiger partial charge on any atom is 0.415 e. The third-order valence-corrected chi connectivity index (χ3v) is 2.28. The van der Waals surface area contributed by atoms with Crippen LogP contribution in [0.5, 0.6) is 0 Å². The molecule has 0 atom stereocenters.